The second-order valence-corrected chi connectivity index (χ2v) is 5.02. The van der Waals surface area contributed by atoms with Crippen molar-refractivity contribution in [1.29, 1.82) is 0 Å². The Morgan fingerprint density at radius 1 is 1.37 bits per heavy atom. The Bertz CT molecular complexity index is 450. The zero-order chi connectivity index (χ0) is 14.3. The number of carbonyl (C=O) groups is 2. The first-order valence-electron chi connectivity index (χ1n) is 5.90. The van der Waals surface area contributed by atoms with Gasteiger partial charge in [0.2, 0.25) is 5.91 Å². The second kappa shape index (κ2) is 7.91. The van der Waals surface area contributed by atoms with Crippen LogP contribution in [-0.4, -0.2) is 34.7 Å². The lowest BCUT2D eigenvalue weighted by Gasteiger charge is -2.13. The zero-order valence-corrected chi connectivity index (χ0v) is 11.9. The van der Waals surface area contributed by atoms with Crippen molar-refractivity contribution in [3.63, 3.8) is 0 Å². The van der Waals surface area contributed by atoms with Crippen LogP contribution in [-0.2, 0) is 16.0 Å². The molecule has 0 aliphatic heterocycles. The van der Waals surface area contributed by atoms with Gasteiger partial charge in [0.15, 0.2) is 0 Å². The van der Waals surface area contributed by atoms with Crippen molar-refractivity contribution in [2.75, 3.05) is 6.61 Å². The maximum atomic E-state index is 11.6. The molecule has 1 aromatic rings. The van der Waals surface area contributed by atoms with Crippen LogP contribution in [0.2, 0.25) is 0 Å². The number of halogens is 1. The highest BCUT2D eigenvalue weighted by Crippen LogP contribution is 2.13. The van der Waals surface area contributed by atoms with Gasteiger partial charge in [0, 0.05) is 23.9 Å². The average molecular weight is 330 g/mol. The molecule has 0 spiro atoms. The monoisotopic (exact) mass is 329 g/mol. The van der Waals surface area contributed by atoms with Gasteiger partial charge in [0.05, 0.1) is 0 Å². The zero-order valence-electron chi connectivity index (χ0n) is 10.3. The van der Waals surface area contributed by atoms with Gasteiger partial charge in [0.25, 0.3) is 0 Å². The number of carbonyl (C=O) groups excluding carboxylic acids is 1. The Balaban J connectivity index is 2.44. The average Bonchev–Trinajstić information content (AvgIpc) is 2.36. The van der Waals surface area contributed by atoms with Crippen molar-refractivity contribution in [3.05, 3.63) is 34.3 Å². The number of carboxylic acid groups (broad SMARTS) is 1. The summed E-state index contributed by atoms with van der Waals surface area (Å²) < 4.78 is 0.939. The molecule has 0 saturated heterocycles. The SMILES string of the molecule is O=C(CCc1cccc(Br)c1)N[C@H](CCO)C(=O)O. The summed E-state index contributed by atoms with van der Waals surface area (Å²) in [6, 6.07) is 6.56. The minimum atomic E-state index is -1.13. The van der Waals surface area contributed by atoms with E-state index < -0.39 is 12.0 Å². The van der Waals surface area contributed by atoms with Crippen molar-refractivity contribution in [1.82, 2.24) is 5.32 Å². The van der Waals surface area contributed by atoms with E-state index in [1.54, 1.807) is 0 Å². The summed E-state index contributed by atoms with van der Waals surface area (Å²) in [4.78, 5) is 22.4. The predicted molar refractivity (Wildman–Crippen MR) is 73.7 cm³/mol. The second-order valence-electron chi connectivity index (χ2n) is 4.10. The first-order chi connectivity index (χ1) is 9.02. The minimum Gasteiger partial charge on any atom is -0.480 e. The molecule has 0 saturated carbocycles. The molecule has 3 N–H and O–H groups in total. The van der Waals surface area contributed by atoms with Gasteiger partial charge in [-0.1, -0.05) is 28.1 Å². The lowest BCUT2D eigenvalue weighted by Crippen LogP contribution is -2.41. The van der Waals surface area contributed by atoms with Gasteiger partial charge in [-0.25, -0.2) is 4.79 Å². The van der Waals surface area contributed by atoms with Gasteiger partial charge in [-0.15, -0.1) is 0 Å². The van der Waals surface area contributed by atoms with E-state index in [0.29, 0.717) is 6.42 Å². The van der Waals surface area contributed by atoms with E-state index in [1.807, 2.05) is 24.3 Å². The third kappa shape index (κ3) is 5.85. The van der Waals surface area contributed by atoms with Crippen LogP contribution in [0.3, 0.4) is 0 Å². The van der Waals surface area contributed by atoms with E-state index in [2.05, 4.69) is 21.2 Å². The molecule has 0 aromatic heterocycles. The maximum Gasteiger partial charge on any atom is 0.326 e. The van der Waals surface area contributed by atoms with E-state index in [-0.39, 0.29) is 25.4 Å². The number of amides is 1. The summed E-state index contributed by atoms with van der Waals surface area (Å²) >= 11 is 3.34. The Kier molecular flexibility index (Phi) is 6.52. The van der Waals surface area contributed by atoms with E-state index >= 15 is 0 Å². The molecule has 6 heteroatoms. The standard InChI is InChI=1S/C13H16BrNO4/c14-10-3-1-2-9(8-10)4-5-12(17)15-11(6-7-16)13(18)19/h1-3,8,11,16H,4-7H2,(H,15,17)(H,18,19)/t11-/m1/s1. The quantitative estimate of drug-likeness (QED) is 0.704. The molecule has 5 nitrogen and oxygen atoms in total. The number of rotatable bonds is 7. The van der Waals surface area contributed by atoms with E-state index in [1.165, 1.54) is 0 Å². The van der Waals surface area contributed by atoms with E-state index in [9.17, 15) is 9.59 Å². The number of aliphatic carboxylic acids is 1. The summed E-state index contributed by atoms with van der Waals surface area (Å²) in [6.45, 7) is -0.275. The van der Waals surface area contributed by atoms with E-state index in [4.69, 9.17) is 10.2 Å². The molecule has 19 heavy (non-hydrogen) atoms. The fourth-order valence-corrected chi connectivity index (χ4v) is 2.05. The van der Waals surface area contributed by atoms with Crippen LogP contribution in [0.15, 0.2) is 28.7 Å². The molecule has 104 valence electrons. The van der Waals surface area contributed by atoms with Gasteiger partial charge in [0.1, 0.15) is 6.04 Å². The minimum absolute atomic E-state index is 0.0119. The summed E-state index contributed by atoms with van der Waals surface area (Å²) in [5.74, 6) is -1.47. The van der Waals surface area contributed by atoms with Gasteiger partial charge in [-0.3, -0.25) is 4.79 Å². The lowest BCUT2D eigenvalue weighted by atomic mass is 10.1. The highest BCUT2D eigenvalue weighted by Gasteiger charge is 2.18. The molecule has 0 bridgehead atoms. The smallest absolute Gasteiger partial charge is 0.326 e. The van der Waals surface area contributed by atoms with Crippen LogP contribution < -0.4 is 5.32 Å². The molecule has 0 unspecified atom stereocenters. The number of nitrogens with one attached hydrogen (secondary N) is 1. The molecule has 0 heterocycles. The number of benzene rings is 1. The molecule has 1 aromatic carbocycles. The molecular weight excluding hydrogens is 314 g/mol. The number of hydrogen-bond donors (Lipinski definition) is 3. The van der Waals surface area contributed by atoms with Crippen LogP contribution in [0.4, 0.5) is 0 Å². The third-order valence-electron chi connectivity index (χ3n) is 2.58. The van der Waals surface area contributed by atoms with Gasteiger partial charge in [-0.2, -0.15) is 0 Å². The molecule has 1 rings (SSSR count). The molecule has 1 amide bonds. The number of aryl methyl sites for hydroxylation is 1. The molecule has 0 fully saturated rings. The normalized spacial score (nSPS) is 11.9. The molecule has 0 radical (unpaired) electrons. The van der Waals surface area contributed by atoms with E-state index in [0.717, 1.165) is 10.0 Å². The Labute approximate surface area is 119 Å². The first-order valence-corrected chi connectivity index (χ1v) is 6.69. The topological polar surface area (TPSA) is 86.6 Å². The largest absolute Gasteiger partial charge is 0.480 e. The highest BCUT2D eigenvalue weighted by atomic mass is 79.9. The summed E-state index contributed by atoms with van der Waals surface area (Å²) in [5.41, 5.74) is 0.999. The summed E-state index contributed by atoms with van der Waals surface area (Å²) in [6.07, 6.45) is 0.764. The Morgan fingerprint density at radius 2 is 2.11 bits per heavy atom. The summed E-state index contributed by atoms with van der Waals surface area (Å²) in [5, 5.41) is 20.0. The first kappa shape index (κ1) is 15.7. The lowest BCUT2D eigenvalue weighted by molar-refractivity contribution is -0.142. The van der Waals surface area contributed by atoms with Crippen LogP contribution >= 0.6 is 15.9 Å². The van der Waals surface area contributed by atoms with Crippen molar-refractivity contribution >= 4 is 27.8 Å². The predicted octanol–water partition coefficient (Wildman–Crippen LogP) is 1.33. The number of carboxylic acids is 1. The highest BCUT2D eigenvalue weighted by molar-refractivity contribution is 9.10. The molecule has 1 atom stereocenters. The molecule has 0 aliphatic rings. The maximum absolute atomic E-state index is 11.6. The number of aliphatic hydroxyl groups is 1. The fourth-order valence-electron chi connectivity index (χ4n) is 1.60. The van der Waals surface area contributed by atoms with Gasteiger partial charge in [-0.05, 0) is 24.1 Å². The van der Waals surface area contributed by atoms with Crippen LogP contribution in [0, 0.1) is 0 Å². The summed E-state index contributed by atoms with van der Waals surface area (Å²) in [7, 11) is 0. The van der Waals surface area contributed by atoms with Crippen LogP contribution in [0.25, 0.3) is 0 Å². The molecular formula is C13H16BrNO4. The molecule has 0 aliphatic carbocycles. The fraction of sp³-hybridized carbons (Fsp3) is 0.385. The van der Waals surface area contributed by atoms with Crippen molar-refractivity contribution in [2.45, 2.75) is 25.3 Å². The van der Waals surface area contributed by atoms with Crippen molar-refractivity contribution in [2.24, 2.45) is 0 Å². The third-order valence-corrected chi connectivity index (χ3v) is 3.07. The Hall–Kier alpha value is -1.40. The van der Waals surface area contributed by atoms with Crippen LogP contribution in [0.1, 0.15) is 18.4 Å². The number of aliphatic hydroxyl groups excluding tert-OH is 1. The van der Waals surface area contributed by atoms with Gasteiger partial charge >= 0.3 is 5.97 Å². The van der Waals surface area contributed by atoms with Crippen molar-refractivity contribution < 1.29 is 19.8 Å². The van der Waals surface area contributed by atoms with Crippen molar-refractivity contribution in [3.8, 4) is 0 Å². The Morgan fingerprint density at radius 3 is 2.68 bits per heavy atom. The van der Waals surface area contributed by atoms with Crippen LogP contribution in [0.5, 0.6) is 0 Å². The van der Waals surface area contributed by atoms with Gasteiger partial charge < -0.3 is 15.5 Å². The number of hydrogen-bond acceptors (Lipinski definition) is 3.